The molecule has 0 saturated heterocycles. The van der Waals surface area contributed by atoms with E-state index in [1.165, 1.54) is 18.3 Å². The molecule has 4 rings (SSSR count). The molecule has 10 nitrogen and oxygen atoms in total. The number of aromatic nitrogens is 4. The minimum Gasteiger partial charge on any atom is -0.401 e. The summed E-state index contributed by atoms with van der Waals surface area (Å²) in [5.74, 6) is 0.275. The first kappa shape index (κ1) is 16.4. The van der Waals surface area contributed by atoms with Crippen LogP contribution in [0.3, 0.4) is 0 Å². The first-order valence-corrected chi connectivity index (χ1v) is 7.93. The molecule has 1 aromatic carbocycles. The third-order valence-corrected chi connectivity index (χ3v) is 3.84. The van der Waals surface area contributed by atoms with Gasteiger partial charge in [0.05, 0.1) is 11.6 Å². The first-order valence-electron chi connectivity index (χ1n) is 7.93. The number of aromatic amines is 1. The minimum absolute atomic E-state index is 0.241. The molecule has 27 heavy (non-hydrogen) atoms. The Labute approximate surface area is 151 Å². The van der Waals surface area contributed by atoms with Crippen LogP contribution in [-0.2, 0) is 0 Å². The highest BCUT2D eigenvalue weighted by Crippen LogP contribution is 2.24. The van der Waals surface area contributed by atoms with Gasteiger partial charge >= 0.3 is 5.88 Å². The number of benzene rings is 1. The number of nitrogens with one attached hydrogen (secondary N) is 2. The van der Waals surface area contributed by atoms with Gasteiger partial charge in [0.2, 0.25) is 0 Å². The number of H-pyrrole nitrogens is 1. The van der Waals surface area contributed by atoms with Gasteiger partial charge in [-0.3, -0.25) is 10.1 Å². The highest BCUT2D eigenvalue weighted by atomic mass is 16.6. The van der Waals surface area contributed by atoms with E-state index in [9.17, 15) is 10.1 Å². The average Bonchev–Trinajstić information content (AvgIpc) is 3.27. The van der Waals surface area contributed by atoms with E-state index in [4.69, 9.17) is 4.42 Å². The van der Waals surface area contributed by atoms with Crippen LogP contribution >= 0.6 is 0 Å². The molecule has 0 fully saturated rings. The zero-order valence-electron chi connectivity index (χ0n) is 14.1. The first-order chi connectivity index (χ1) is 13.1. The summed E-state index contributed by atoms with van der Waals surface area (Å²) in [5.41, 5.74) is 6.07. The van der Waals surface area contributed by atoms with Crippen LogP contribution in [0.15, 0.2) is 45.9 Å². The number of anilines is 1. The maximum absolute atomic E-state index is 10.5. The summed E-state index contributed by atoms with van der Waals surface area (Å²) in [6.07, 6.45) is 4.55. The number of fused-ring (bicyclic) bond motifs is 3. The van der Waals surface area contributed by atoms with Crippen molar-refractivity contribution in [3.8, 4) is 0 Å². The second-order valence-corrected chi connectivity index (χ2v) is 5.64. The maximum Gasteiger partial charge on any atom is 0.433 e. The Bertz CT molecular complexity index is 1210. The number of aryl methyl sites for hydroxylation is 1. The maximum atomic E-state index is 10.5. The van der Waals surface area contributed by atoms with Crippen molar-refractivity contribution in [3.05, 3.63) is 57.8 Å². The summed E-state index contributed by atoms with van der Waals surface area (Å²) in [6.45, 7) is 2.01. The molecule has 0 bridgehead atoms. The summed E-state index contributed by atoms with van der Waals surface area (Å²) in [6, 6.07) is 8.71. The van der Waals surface area contributed by atoms with Crippen LogP contribution in [0.1, 0.15) is 11.3 Å². The van der Waals surface area contributed by atoms with Crippen molar-refractivity contribution in [2.45, 2.75) is 6.92 Å². The molecule has 0 radical (unpaired) electrons. The number of hydrogen-bond acceptors (Lipinski definition) is 8. The van der Waals surface area contributed by atoms with Crippen LogP contribution in [0.25, 0.3) is 28.1 Å². The standard InChI is InChI=1S/C17H13N7O3/c1-10-4-2-6-12-14(10)19-16-15(12)21-23-17(20-16)22-18-9-3-5-11-7-8-13(27-11)24(25)26/h2-9H,1H3,(H2,19,20,22,23)/b5-3+,18-9-. The van der Waals surface area contributed by atoms with E-state index >= 15 is 0 Å². The quantitative estimate of drug-likeness (QED) is 0.315. The second kappa shape index (κ2) is 6.67. The summed E-state index contributed by atoms with van der Waals surface area (Å²) in [4.78, 5) is 17.5. The molecule has 0 aliphatic rings. The molecule has 10 heteroatoms. The molecule has 0 atom stereocenters. The minimum atomic E-state index is -0.598. The Balaban J connectivity index is 1.47. The fourth-order valence-corrected chi connectivity index (χ4v) is 2.60. The van der Waals surface area contributed by atoms with Crippen LogP contribution in [0.5, 0.6) is 0 Å². The summed E-state index contributed by atoms with van der Waals surface area (Å²) in [7, 11) is 0. The molecule has 4 aromatic rings. The van der Waals surface area contributed by atoms with Crippen LogP contribution in [-0.4, -0.2) is 31.3 Å². The van der Waals surface area contributed by atoms with Gasteiger partial charge < -0.3 is 9.40 Å². The molecule has 0 aliphatic carbocycles. The Morgan fingerprint density at radius 3 is 3.00 bits per heavy atom. The van der Waals surface area contributed by atoms with Crippen molar-refractivity contribution in [1.82, 2.24) is 20.2 Å². The van der Waals surface area contributed by atoms with Gasteiger partial charge in [-0.2, -0.15) is 10.1 Å². The number of hydrogen-bond donors (Lipinski definition) is 2. The van der Waals surface area contributed by atoms with Gasteiger partial charge in [0.25, 0.3) is 5.95 Å². The predicted molar refractivity (Wildman–Crippen MR) is 100 cm³/mol. The molecule has 3 aromatic heterocycles. The zero-order chi connectivity index (χ0) is 18.8. The number of furan rings is 1. The van der Waals surface area contributed by atoms with Gasteiger partial charge in [0.15, 0.2) is 5.65 Å². The molecule has 0 amide bonds. The Morgan fingerprint density at radius 1 is 1.30 bits per heavy atom. The largest absolute Gasteiger partial charge is 0.433 e. The number of allylic oxidation sites excluding steroid dienone is 1. The molecule has 0 saturated carbocycles. The van der Waals surface area contributed by atoms with Crippen molar-refractivity contribution >= 4 is 46.2 Å². The van der Waals surface area contributed by atoms with Crippen molar-refractivity contribution in [1.29, 1.82) is 0 Å². The van der Waals surface area contributed by atoms with Crippen molar-refractivity contribution in [2.75, 3.05) is 5.43 Å². The lowest BCUT2D eigenvalue weighted by Gasteiger charge is -1.95. The monoisotopic (exact) mass is 363 g/mol. The highest BCUT2D eigenvalue weighted by Gasteiger charge is 2.10. The van der Waals surface area contributed by atoms with Crippen LogP contribution in [0.4, 0.5) is 11.8 Å². The molecule has 0 aliphatic heterocycles. The van der Waals surface area contributed by atoms with E-state index in [2.05, 4.69) is 30.7 Å². The number of nitro groups is 1. The Hall–Kier alpha value is -4.08. The molecule has 2 N–H and O–H groups in total. The van der Waals surface area contributed by atoms with Crippen LogP contribution in [0, 0.1) is 17.0 Å². The van der Waals surface area contributed by atoms with E-state index in [1.807, 2.05) is 25.1 Å². The van der Waals surface area contributed by atoms with E-state index in [-0.39, 0.29) is 11.8 Å². The van der Waals surface area contributed by atoms with E-state index < -0.39 is 4.92 Å². The van der Waals surface area contributed by atoms with Gasteiger partial charge in [-0.25, -0.2) is 5.43 Å². The fraction of sp³-hybridized carbons (Fsp3) is 0.0588. The van der Waals surface area contributed by atoms with Gasteiger partial charge in [0.1, 0.15) is 16.2 Å². The third kappa shape index (κ3) is 3.23. The molecule has 3 heterocycles. The van der Waals surface area contributed by atoms with Crippen molar-refractivity contribution in [3.63, 3.8) is 0 Å². The highest BCUT2D eigenvalue weighted by molar-refractivity contribution is 6.04. The summed E-state index contributed by atoms with van der Waals surface area (Å²) in [5, 5.41) is 23.7. The second-order valence-electron chi connectivity index (χ2n) is 5.64. The van der Waals surface area contributed by atoms with Crippen LogP contribution < -0.4 is 5.43 Å². The summed E-state index contributed by atoms with van der Waals surface area (Å²) < 4.78 is 4.99. The summed E-state index contributed by atoms with van der Waals surface area (Å²) >= 11 is 0. The molecule has 0 spiro atoms. The van der Waals surface area contributed by atoms with E-state index in [1.54, 1.807) is 12.2 Å². The smallest absolute Gasteiger partial charge is 0.401 e. The van der Waals surface area contributed by atoms with Crippen molar-refractivity contribution < 1.29 is 9.34 Å². The van der Waals surface area contributed by atoms with Gasteiger partial charge in [0, 0.05) is 11.6 Å². The normalized spacial score (nSPS) is 11.9. The number of para-hydroxylation sites is 1. The topological polar surface area (TPSA) is 135 Å². The van der Waals surface area contributed by atoms with Gasteiger partial charge in [-0.15, -0.1) is 10.2 Å². The molecule has 134 valence electrons. The molecular formula is C17H13N7O3. The Morgan fingerprint density at radius 2 is 2.19 bits per heavy atom. The SMILES string of the molecule is Cc1cccc2c1[nH]c1nc(N/N=C\C=C\c3ccc([N+](=O)[O-])o3)nnc12. The number of rotatable bonds is 5. The lowest BCUT2D eigenvalue weighted by atomic mass is 10.1. The number of hydrazone groups is 1. The van der Waals surface area contributed by atoms with Gasteiger partial charge in [-0.05, 0) is 30.7 Å². The van der Waals surface area contributed by atoms with Crippen molar-refractivity contribution in [2.24, 2.45) is 5.10 Å². The Kier molecular flexibility index (Phi) is 4.05. The van der Waals surface area contributed by atoms with E-state index in [0.29, 0.717) is 16.9 Å². The number of nitrogens with zero attached hydrogens (tertiary/aromatic N) is 5. The zero-order valence-corrected chi connectivity index (χ0v) is 14.1. The van der Waals surface area contributed by atoms with Gasteiger partial charge in [-0.1, -0.05) is 18.2 Å². The third-order valence-electron chi connectivity index (χ3n) is 3.84. The lowest BCUT2D eigenvalue weighted by molar-refractivity contribution is -0.402. The molecule has 0 unspecified atom stereocenters. The fourth-order valence-electron chi connectivity index (χ4n) is 2.60. The van der Waals surface area contributed by atoms with E-state index in [0.717, 1.165) is 16.5 Å². The molecular weight excluding hydrogens is 350 g/mol. The predicted octanol–water partition coefficient (Wildman–Crippen LogP) is 3.43. The average molecular weight is 363 g/mol. The lowest BCUT2D eigenvalue weighted by Crippen LogP contribution is -1.98. The van der Waals surface area contributed by atoms with Crippen LogP contribution in [0.2, 0.25) is 0 Å².